The molecule has 0 aliphatic heterocycles. The summed E-state index contributed by atoms with van der Waals surface area (Å²) >= 11 is 11.9. The van der Waals surface area contributed by atoms with E-state index in [2.05, 4.69) is 0 Å². The molecule has 0 fully saturated rings. The third-order valence-corrected chi connectivity index (χ3v) is 2.93. The van der Waals surface area contributed by atoms with E-state index in [9.17, 15) is 5.11 Å². The van der Waals surface area contributed by atoms with Crippen molar-refractivity contribution in [1.82, 2.24) is 0 Å². The number of hydrogen-bond acceptors (Lipinski definition) is 3. The summed E-state index contributed by atoms with van der Waals surface area (Å²) in [6.45, 7) is 1.70. The molecule has 0 heterocycles. The van der Waals surface area contributed by atoms with Gasteiger partial charge < -0.3 is 14.6 Å². The minimum atomic E-state index is -0.703. The smallest absolute Gasteiger partial charge is 0.147 e. The molecule has 1 aromatic carbocycles. The van der Waals surface area contributed by atoms with Crippen molar-refractivity contribution < 1.29 is 14.6 Å². The van der Waals surface area contributed by atoms with E-state index in [1.54, 1.807) is 25.1 Å². The van der Waals surface area contributed by atoms with Gasteiger partial charge in [-0.2, -0.15) is 0 Å². The van der Waals surface area contributed by atoms with Crippen LogP contribution in [0.5, 0.6) is 0 Å². The van der Waals surface area contributed by atoms with E-state index in [4.69, 9.17) is 32.7 Å². The van der Waals surface area contributed by atoms with Crippen molar-refractivity contribution in [3.63, 3.8) is 0 Å². The average Bonchev–Trinajstić information content (AvgIpc) is 2.24. The Morgan fingerprint density at radius 2 is 2.06 bits per heavy atom. The van der Waals surface area contributed by atoms with Gasteiger partial charge in [-0.05, 0) is 13.0 Å². The largest absolute Gasteiger partial charge is 0.390 e. The molecule has 0 saturated carbocycles. The Hall–Kier alpha value is -0.320. The number of hydrogen-bond donors (Lipinski definition) is 1. The monoisotopic (exact) mass is 264 g/mol. The predicted molar refractivity (Wildman–Crippen MR) is 63.8 cm³/mol. The van der Waals surface area contributed by atoms with Crippen molar-refractivity contribution in [1.29, 1.82) is 0 Å². The van der Waals surface area contributed by atoms with Crippen molar-refractivity contribution in [2.45, 2.75) is 19.1 Å². The van der Waals surface area contributed by atoms with Gasteiger partial charge in [-0.3, -0.25) is 0 Å². The van der Waals surface area contributed by atoms with Crippen LogP contribution in [0.15, 0.2) is 18.2 Å². The van der Waals surface area contributed by atoms with Gasteiger partial charge in [0.1, 0.15) is 12.9 Å². The maximum Gasteiger partial charge on any atom is 0.147 e. The first-order valence-electron chi connectivity index (χ1n) is 4.80. The van der Waals surface area contributed by atoms with Crippen molar-refractivity contribution >= 4 is 23.2 Å². The van der Waals surface area contributed by atoms with E-state index >= 15 is 0 Å². The molecule has 2 atom stereocenters. The first-order valence-corrected chi connectivity index (χ1v) is 5.56. The van der Waals surface area contributed by atoms with Gasteiger partial charge in [-0.25, -0.2) is 0 Å². The summed E-state index contributed by atoms with van der Waals surface area (Å²) in [5, 5.41) is 10.5. The molecule has 0 amide bonds. The lowest BCUT2D eigenvalue weighted by molar-refractivity contribution is -0.110. The molecule has 0 bridgehead atoms. The van der Waals surface area contributed by atoms with Crippen LogP contribution in [-0.4, -0.2) is 25.1 Å². The molecular formula is C11H14Cl2O3. The molecule has 0 saturated heterocycles. The maximum absolute atomic E-state index is 9.63. The number of aliphatic hydroxyl groups excluding tert-OH is 1. The minimum Gasteiger partial charge on any atom is -0.390 e. The number of aliphatic hydroxyl groups is 1. The van der Waals surface area contributed by atoms with Crippen molar-refractivity contribution in [2.75, 3.05) is 13.9 Å². The van der Waals surface area contributed by atoms with Gasteiger partial charge in [0.25, 0.3) is 0 Å². The summed E-state index contributed by atoms with van der Waals surface area (Å²) in [6, 6.07) is 5.21. The maximum atomic E-state index is 9.63. The van der Waals surface area contributed by atoms with Crippen LogP contribution in [0.2, 0.25) is 10.0 Å². The van der Waals surface area contributed by atoms with E-state index in [0.717, 1.165) is 0 Å². The van der Waals surface area contributed by atoms with E-state index < -0.39 is 12.2 Å². The second-order valence-corrected chi connectivity index (χ2v) is 4.16. The molecule has 0 aliphatic carbocycles. The summed E-state index contributed by atoms with van der Waals surface area (Å²) in [5.41, 5.74) is 0.654. The van der Waals surface area contributed by atoms with Gasteiger partial charge >= 0.3 is 0 Å². The lowest BCUT2D eigenvalue weighted by Gasteiger charge is -2.21. The Bertz CT molecular complexity index is 342. The molecule has 1 N–H and O–H groups in total. The van der Waals surface area contributed by atoms with Gasteiger partial charge in [0.2, 0.25) is 0 Å². The molecular weight excluding hydrogens is 251 g/mol. The Morgan fingerprint density at radius 1 is 1.38 bits per heavy atom. The van der Waals surface area contributed by atoms with Crippen molar-refractivity contribution in [3.8, 4) is 0 Å². The molecule has 0 radical (unpaired) electrons. The summed E-state index contributed by atoms with van der Waals surface area (Å²) in [6.07, 6.45) is -1.25. The lowest BCUT2D eigenvalue weighted by atomic mass is 10.1. The molecule has 0 spiro atoms. The van der Waals surface area contributed by atoms with Crippen LogP contribution in [0.3, 0.4) is 0 Å². The van der Waals surface area contributed by atoms with Crippen LogP contribution >= 0.6 is 23.2 Å². The molecule has 1 rings (SSSR count). The predicted octanol–water partition coefficient (Wildman–Crippen LogP) is 3.04. The fraction of sp³-hybridized carbons (Fsp3) is 0.455. The normalized spacial score (nSPS) is 14.8. The zero-order valence-electron chi connectivity index (χ0n) is 9.11. The highest BCUT2D eigenvalue weighted by molar-refractivity contribution is 6.42. The van der Waals surface area contributed by atoms with Crippen LogP contribution in [0.25, 0.3) is 0 Å². The van der Waals surface area contributed by atoms with Gasteiger partial charge in [0.05, 0.1) is 16.1 Å². The first-order chi connectivity index (χ1) is 7.57. The number of benzene rings is 1. The minimum absolute atomic E-state index is 0.0818. The molecule has 16 heavy (non-hydrogen) atoms. The average molecular weight is 265 g/mol. The second kappa shape index (κ2) is 6.42. The summed E-state index contributed by atoms with van der Waals surface area (Å²) in [5.74, 6) is 0. The SMILES string of the molecule is COCOC(c1cccc(Cl)c1Cl)C(C)O. The highest BCUT2D eigenvalue weighted by atomic mass is 35.5. The van der Waals surface area contributed by atoms with E-state index in [1.165, 1.54) is 7.11 Å². The fourth-order valence-electron chi connectivity index (χ4n) is 1.37. The summed E-state index contributed by atoms with van der Waals surface area (Å²) in [7, 11) is 1.51. The molecule has 5 heteroatoms. The van der Waals surface area contributed by atoms with Crippen LogP contribution in [-0.2, 0) is 9.47 Å². The number of ether oxygens (including phenoxy) is 2. The Balaban J connectivity index is 2.96. The molecule has 3 nitrogen and oxygen atoms in total. The van der Waals surface area contributed by atoms with Gasteiger partial charge in [0, 0.05) is 12.7 Å². The lowest BCUT2D eigenvalue weighted by Crippen LogP contribution is -2.19. The van der Waals surface area contributed by atoms with E-state index in [0.29, 0.717) is 15.6 Å². The van der Waals surface area contributed by atoms with Crippen LogP contribution in [0.1, 0.15) is 18.6 Å². The third kappa shape index (κ3) is 3.34. The zero-order valence-corrected chi connectivity index (χ0v) is 10.6. The number of halogens is 2. The summed E-state index contributed by atoms with van der Waals surface area (Å²) in [4.78, 5) is 0. The number of methoxy groups -OCH3 is 1. The Labute approximate surface area is 105 Å². The highest BCUT2D eigenvalue weighted by Gasteiger charge is 2.21. The zero-order chi connectivity index (χ0) is 12.1. The quantitative estimate of drug-likeness (QED) is 0.831. The first kappa shape index (κ1) is 13.7. The van der Waals surface area contributed by atoms with E-state index in [-0.39, 0.29) is 6.79 Å². The molecule has 0 aliphatic rings. The second-order valence-electron chi connectivity index (χ2n) is 3.38. The van der Waals surface area contributed by atoms with E-state index in [1.807, 2.05) is 0 Å². The van der Waals surface area contributed by atoms with Gasteiger partial charge in [-0.15, -0.1) is 0 Å². The van der Waals surface area contributed by atoms with Crippen molar-refractivity contribution in [3.05, 3.63) is 33.8 Å². The Morgan fingerprint density at radius 3 is 2.62 bits per heavy atom. The summed E-state index contributed by atoms with van der Waals surface area (Å²) < 4.78 is 10.2. The van der Waals surface area contributed by atoms with Gasteiger partial charge in [-0.1, -0.05) is 35.3 Å². The fourth-order valence-corrected chi connectivity index (χ4v) is 1.79. The van der Waals surface area contributed by atoms with Crippen LogP contribution in [0.4, 0.5) is 0 Å². The van der Waals surface area contributed by atoms with Gasteiger partial charge in [0.15, 0.2) is 0 Å². The molecule has 0 aromatic heterocycles. The van der Waals surface area contributed by atoms with Crippen LogP contribution < -0.4 is 0 Å². The van der Waals surface area contributed by atoms with Crippen molar-refractivity contribution in [2.24, 2.45) is 0 Å². The Kier molecular flexibility index (Phi) is 5.52. The molecule has 90 valence electrons. The molecule has 2 unspecified atom stereocenters. The topological polar surface area (TPSA) is 38.7 Å². The number of rotatable bonds is 5. The standard InChI is InChI=1S/C11H14Cl2O3/c1-7(14)11(16-6-15-2)8-4-3-5-9(12)10(8)13/h3-5,7,11,14H,6H2,1-2H3. The van der Waals surface area contributed by atoms with Crippen LogP contribution in [0, 0.1) is 0 Å². The third-order valence-electron chi connectivity index (χ3n) is 2.09. The molecule has 1 aromatic rings. The highest BCUT2D eigenvalue weighted by Crippen LogP contribution is 2.33.